The molecule has 15 nitrogen and oxygen atoms in total. The maximum Gasteiger partial charge on any atom is 0.560 e. The standard InChI is InChI=1S/C11H12N2O13S2/c1-21-25-26-27-5-3-7(14)12(9(5)16)23-11(18)24-13-8(15)4-6(10(13)17)28(19,20)22-2/h5-6H,3-4H2,1-2H3. The summed E-state index contributed by atoms with van der Waals surface area (Å²) in [7, 11) is -2.50. The third-order valence-corrected chi connectivity index (χ3v) is 5.55. The van der Waals surface area contributed by atoms with Crippen molar-refractivity contribution in [3.63, 3.8) is 0 Å². The summed E-state index contributed by atoms with van der Waals surface area (Å²) in [5.41, 5.74) is 0. The average Bonchev–Trinajstić information content (AvgIpc) is 3.07. The molecule has 0 radical (unpaired) electrons. The number of rotatable bonds is 8. The van der Waals surface area contributed by atoms with E-state index in [0.717, 1.165) is 14.2 Å². The molecule has 17 heteroatoms. The van der Waals surface area contributed by atoms with Crippen LogP contribution in [0, 0.1) is 0 Å². The SMILES string of the molecule is COOOSC1CC(=O)N(OC(=O)ON2C(=O)CC(S(=O)(=O)OC)C2=O)C1=O. The lowest BCUT2D eigenvalue weighted by atomic mass is 10.4. The van der Waals surface area contributed by atoms with E-state index in [1.165, 1.54) is 0 Å². The van der Waals surface area contributed by atoms with Gasteiger partial charge in [0.15, 0.2) is 5.25 Å². The number of hydroxylamine groups is 4. The highest BCUT2D eigenvalue weighted by molar-refractivity contribution is 7.96. The van der Waals surface area contributed by atoms with Gasteiger partial charge >= 0.3 is 6.16 Å². The number of nitrogens with zero attached hydrogens (tertiary/aromatic N) is 2. The molecule has 2 unspecified atom stereocenters. The fourth-order valence-corrected chi connectivity index (χ4v) is 3.52. The lowest BCUT2D eigenvalue weighted by Crippen LogP contribution is -2.40. The van der Waals surface area contributed by atoms with Crippen LogP contribution in [0.2, 0.25) is 0 Å². The average molecular weight is 444 g/mol. The largest absolute Gasteiger partial charge is 0.560 e. The zero-order valence-electron chi connectivity index (χ0n) is 14.1. The van der Waals surface area contributed by atoms with Crippen LogP contribution in [0.5, 0.6) is 0 Å². The lowest BCUT2D eigenvalue weighted by molar-refractivity contribution is -0.447. The Hall–Kier alpha value is -2.31. The van der Waals surface area contributed by atoms with Crippen molar-refractivity contribution in [2.75, 3.05) is 14.2 Å². The van der Waals surface area contributed by atoms with Crippen molar-refractivity contribution in [3.05, 3.63) is 0 Å². The van der Waals surface area contributed by atoms with Crippen molar-refractivity contribution in [1.82, 2.24) is 10.1 Å². The molecule has 156 valence electrons. The van der Waals surface area contributed by atoms with E-state index >= 15 is 0 Å². The predicted octanol–water partition coefficient (Wildman–Crippen LogP) is -1.64. The molecule has 0 spiro atoms. The van der Waals surface area contributed by atoms with Crippen LogP contribution in [-0.4, -0.2) is 73.0 Å². The molecule has 2 rings (SSSR count). The molecule has 28 heavy (non-hydrogen) atoms. The second-order valence-corrected chi connectivity index (χ2v) is 7.71. The summed E-state index contributed by atoms with van der Waals surface area (Å²) in [4.78, 5) is 71.9. The van der Waals surface area contributed by atoms with Gasteiger partial charge in [-0.3, -0.25) is 33.0 Å². The third-order valence-electron chi connectivity index (χ3n) is 3.29. The molecule has 0 saturated carbocycles. The van der Waals surface area contributed by atoms with Crippen LogP contribution >= 0.6 is 12.0 Å². The van der Waals surface area contributed by atoms with Crippen molar-refractivity contribution in [1.29, 1.82) is 0 Å². The summed E-state index contributed by atoms with van der Waals surface area (Å²) in [5.74, 6) is -4.56. The van der Waals surface area contributed by atoms with Gasteiger partial charge in [0.05, 0.1) is 27.1 Å². The van der Waals surface area contributed by atoms with Gasteiger partial charge in [-0.15, -0.1) is 4.33 Å². The Labute approximate surface area is 160 Å². The Morgan fingerprint density at radius 3 is 2.14 bits per heavy atom. The van der Waals surface area contributed by atoms with Crippen LogP contribution < -0.4 is 0 Å². The first kappa shape index (κ1) is 22.0. The monoisotopic (exact) mass is 444 g/mol. The van der Waals surface area contributed by atoms with E-state index in [1.54, 1.807) is 0 Å². The van der Waals surface area contributed by atoms with Crippen LogP contribution in [0.25, 0.3) is 0 Å². The molecule has 0 aromatic heterocycles. The summed E-state index contributed by atoms with van der Waals surface area (Å²) in [6, 6.07) is 0. The Balaban J connectivity index is 1.97. The van der Waals surface area contributed by atoms with Crippen LogP contribution in [0.1, 0.15) is 12.8 Å². The summed E-state index contributed by atoms with van der Waals surface area (Å²) >= 11 is 0.400. The minimum atomic E-state index is -4.41. The molecule has 2 fully saturated rings. The number of carbonyl (C=O) groups is 5. The molecule has 2 atom stereocenters. The minimum absolute atomic E-state index is 0.0323. The van der Waals surface area contributed by atoms with Crippen LogP contribution in [0.3, 0.4) is 0 Å². The molecular weight excluding hydrogens is 432 g/mol. The molecule has 2 heterocycles. The highest BCUT2D eigenvalue weighted by atomic mass is 32.2. The van der Waals surface area contributed by atoms with Gasteiger partial charge in [0.1, 0.15) is 5.25 Å². The fourth-order valence-electron chi connectivity index (χ4n) is 2.03. The topological polar surface area (TPSA) is 181 Å². The maximum atomic E-state index is 12.0. The fraction of sp³-hybridized carbons (Fsp3) is 0.545. The van der Waals surface area contributed by atoms with Gasteiger partial charge in [-0.2, -0.15) is 13.2 Å². The minimum Gasteiger partial charge on any atom is -0.293 e. The number of imide groups is 2. The summed E-state index contributed by atoms with van der Waals surface area (Å²) in [5, 5.41) is 0.890. The Kier molecular flexibility index (Phi) is 6.91. The van der Waals surface area contributed by atoms with E-state index in [2.05, 4.69) is 28.1 Å². The molecule has 0 N–H and O–H groups in total. The number of amides is 4. The molecule has 2 aliphatic rings. The molecular formula is C11H12N2O13S2. The van der Waals surface area contributed by atoms with Gasteiger partial charge in [0.25, 0.3) is 33.7 Å². The lowest BCUT2D eigenvalue weighted by Gasteiger charge is -2.16. The first-order valence-electron chi connectivity index (χ1n) is 7.08. The maximum absolute atomic E-state index is 12.0. The van der Waals surface area contributed by atoms with Crippen molar-refractivity contribution < 1.29 is 60.5 Å². The van der Waals surface area contributed by atoms with Crippen LogP contribution in [0.4, 0.5) is 4.79 Å². The number of carbonyl (C=O) groups excluding carboxylic acids is 5. The summed E-state index contributed by atoms with van der Waals surface area (Å²) in [6.07, 6.45) is -3.07. The smallest absolute Gasteiger partial charge is 0.293 e. The van der Waals surface area contributed by atoms with E-state index in [1.807, 2.05) is 0 Å². The zero-order valence-corrected chi connectivity index (χ0v) is 15.7. The molecule has 0 aliphatic carbocycles. The Morgan fingerprint density at radius 1 is 1.00 bits per heavy atom. The van der Waals surface area contributed by atoms with Gasteiger partial charge in [-0.1, -0.05) is 15.2 Å². The Morgan fingerprint density at radius 2 is 1.57 bits per heavy atom. The molecule has 4 amide bonds. The second-order valence-electron chi connectivity index (χ2n) is 4.93. The molecule has 2 aliphatic heterocycles. The third kappa shape index (κ3) is 4.56. The number of hydrogen-bond acceptors (Lipinski definition) is 14. The van der Waals surface area contributed by atoms with E-state index in [0.29, 0.717) is 12.0 Å². The Bertz CT molecular complexity index is 796. The van der Waals surface area contributed by atoms with E-state index in [9.17, 15) is 32.4 Å². The van der Waals surface area contributed by atoms with Crippen LogP contribution in [0.15, 0.2) is 0 Å². The zero-order chi connectivity index (χ0) is 21.1. The van der Waals surface area contributed by atoms with E-state index in [-0.39, 0.29) is 10.1 Å². The summed E-state index contributed by atoms with van der Waals surface area (Å²) in [6.45, 7) is 0. The molecule has 0 aromatic rings. The molecule has 0 aromatic carbocycles. The second kappa shape index (κ2) is 8.80. The van der Waals surface area contributed by atoms with Gasteiger partial charge in [0.2, 0.25) is 0 Å². The molecule has 0 bridgehead atoms. The first-order chi connectivity index (χ1) is 13.1. The van der Waals surface area contributed by atoms with Crippen LogP contribution in [-0.2, 0) is 57.4 Å². The highest BCUT2D eigenvalue weighted by Gasteiger charge is 2.50. The predicted molar refractivity (Wildman–Crippen MR) is 80.8 cm³/mol. The quantitative estimate of drug-likeness (QED) is 0.104. The van der Waals surface area contributed by atoms with Gasteiger partial charge < -0.3 is 0 Å². The van der Waals surface area contributed by atoms with Crippen molar-refractivity contribution >= 4 is 51.9 Å². The van der Waals surface area contributed by atoms with Gasteiger partial charge in [-0.25, -0.2) is 4.89 Å². The summed E-state index contributed by atoms with van der Waals surface area (Å²) < 4.78 is 31.7. The van der Waals surface area contributed by atoms with Gasteiger partial charge in [-0.05, 0) is 0 Å². The highest BCUT2D eigenvalue weighted by Crippen LogP contribution is 2.27. The van der Waals surface area contributed by atoms with Crippen molar-refractivity contribution in [3.8, 4) is 0 Å². The number of hydrogen-bond donors (Lipinski definition) is 0. The van der Waals surface area contributed by atoms with E-state index in [4.69, 9.17) is 0 Å². The molecule has 2 saturated heterocycles. The van der Waals surface area contributed by atoms with Crippen molar-refractivity contribution in [2.24, 2.45) is 0 Å². The van der Waals surface area contributed by atoms with E-state index < -0.39 is 63.2 Å². The van der Waals surface area contributed by atoms with Crippen molar-refractivity contribution in [2.45, 2.75) is 23.3 Å². The first-order valence-corrected chi connectivity index (χ1v) is 9.35. The normalized spacial score (nSPS) is 22.9. The van der Waals surface area contributed by atoms with Gasteiger partial charge in [0, 0.05) is 12.0 Å².